The van der Waals surface area contributed by atoms with E-state index in [0.29, 0.717) is 5.75 Å². The van der Waals surface area contributed by atoms with Crippen molar-refractivity contribution in [3.05, 3.63) is 40.6 Å². The van der Waals surface area contributed by atoms with Crippen molar-refractivity contribution in [3.63, 3.8) is 0 Å². The molecule has 1 aromatic carbocycles. The molecule has 2 aromatic rings. The molecule has 0 aliphatic carbocycles. The molecule has 16 heavy (non-hydrogen) atoms. The maximum absolute atomic E-state index is 11.6. The van der Waals surface area contributed by atoms with Gasteiger partial charge in [-0.3, -0.25) is 5.10 Å². The fourth-order valence-corrected chi connectivity index (χ4v) is 1.53. The van der Waals surface area contributed by atoms with E-state index in [0.717, 1.165) is 4.47 Å². The van der Waals surface area contributed by atoms with Gasteiger partial charge in [-0.1, -0.05) is 22.0 Å². The van der Waals surface area contributed by atoms with Crippen LogP contribution in [0.3, 0.4) is 0 Å². The van der Waals surface area contributed by atoms with Gasteiger partial charge in [0.05, 0.1) is 11.9 Å². The summed E-state index contributed by atoms with van der Waals surface area (Å²) in [6.07, 6.45) is 1.36. The van der Waals surface area contributed by atoms with Crippen LogP contribution in [0.2, 0.25) is 0 Å². The molecular weight excluding hydrogens is 274 g/mol. The number of carbonyl (C=O) groups excluding carboxylic acids is 1. The fraction of sp³-hybridized carbons (Fsp3) is 0. The summed E-state index contributed by atoms with van der Waals surface area (Å²) < 4.78 is 5.93. The number of nitrogens with one attached hydrogen (secondary N) is 1. The summed E-state index contributed by atoms with van der Waals surface area (Å²) >= 11 is 3.28. The molecule has 0 amide bonds. The minimum Gasteiger partial charge on any atom is -0.422 e. The Labute approximate surface area is 99.7 Å². The van der Waals surface area contributed by atoms with E-state index in [-0.39, 0.29) is 11.4 Å². The molecule has 0 spiro atoms. The van der Waals surface area contributed by atoms with Crippen LogP contribution in [0.15, 0.2) is 34.9 Å². The third kappa shape index (κ3) is 2.22. The number of halogens is 1. The zero-order chi connectivity index (χ0) is 11.5. The second kappa shape index (κ2) is 4.36. The number of carbonyl (C=O) groups is 1. The number of nitrogens with zero attached hydrogens (tertiary/aromatic N) is 1. The van der Waals surface area contributed by atoms with Gasteiger partial charge in [-0.15, -0.1) is 0 Å². The van der Waals surface area contributed by atoms with Crippen LogP contribution >= 0.6 is 15.9 Å². The fourth-order valence-electron chi connectivity index (χ4n) is 1.15. The lowest BCUT2D eigenvalue weighted by Gasteiger charge is -2.03. The molecule has 0 bridgehead atoms. The third-order valence-corrected chi connectivity index (χ3v) is 2.37. The Morgan fingerprint density at radius 1 is 1.50 bits per heavy atom. The van der Waals surface area contributed by atoms with Crippen LogP contribution in [0.1, 0.15) is 10.5 Å². The number of nitrogen functional groups attached to an aromatic ring is 1. The lowest BCUT2D eigenvalue weighted by Crippen LogP contribution is -2.11. The number of esters is 1. The monoisotopic (exact) mass is 281 g/mol. The van der Waals surface area contributed by atoms with E-state index in [4.69, 9.17) is 10.5 Å². The minimum absolute atomic E-state index is 0.153. The maximum atomic E-state index is 11.6. The first-order chi connectivity index (χ1) is 7.66. The molecule has 0 unspecified atom stereocenters. The number of rotatable bonds is 2. The van der Waals surface area contributed by atoms with Crippen molar-refractivity contribution in [3.8, 4) is 5.75 Å². The SMILES string of the molecule is Nc1cn[nH]c1C(=O)Oc1cccc(Br)c1. The molecule has 0 aliphatic heterocycles. The van der Waals surface area contributed by atoms with Gasteiger partial charge in [0.2, 0.25) is 0 Å². The quantitative estimate of drug-likeness (QED) is 0.651. The summed E-state index contributed by atoms with van der Waals surface area (Å²) in [7, 11) is 0. The summed E-state index contributed by atoms with van der Waals surface area (Å²) in [5.74, 6) is -0.124. The van der Waals surface area contributed by atoms with Gasteiger partial charge in [-0.05, 0) is 18.2 Å². The highest BCUT2D eigenvalue weighted by atomic mass is 79.9. The van der Waals surface area contributed by atoms with Crippen molar-refractivity contribution >= 4 is 27.6 Å². The van der Waals surface area contributed by atoms with E-state index >= 15 is 0 Å². The average Bonchev–Trinajstić information content (AvgIpc) is 2.64. The van der Waals surface area contributed by atoms with Gasteiger partial charge < -0.3 is 10.5 Å². The number of aromatic nitrogens is 2. The zero-order valence-electron chi connectivity index (χ0n) is 8.11. The van der Waals surface area contributed by atoms with Crippen LogP contribution in [0, 0.1) is 0 Å². The Balaban J connectivity index is 2.17. The lowest BCUT2D eigenvalue weighted by atomic mass is 10.3. The molecule has 0 aliphatic rings. The van der Waals surface area contributed by atoms with Crippen LogP contribution in [0.25, 0.3) is 0 Å². The summed E-state index contributed by atoms with van der Waals surface area (Å²) in [4.78, 5) is 11.6. The molecular formula is C10H8BrN3O2. The molecule has 82 valence electrons. The van der Waals surface area contributed by atoms with E-state index in [1.807, 2.05) is 6.07 Å². The third-order valence-electron chi connectivity index (χ3n) is 1.88. The predicted molar refractivity (Wildman–Crippen MR) is 62.1 cm³/mol. The molecule has 3 N–H and O–H groups in total. The van der Waals surface area contributed by atoms with Crippen LogP contribution in [-0.4, -0.2) is 16.2 Å². The van der Waals surface area contributed by atoms with Gasteiger partial charge in [0.15, 0.2) is 5.69 Å². The first-order valence-corrected chi connectivity index (χ1v) is 5.22. The van der Waals surface area contributed by atoms with Gasteiger partial charge in [0.1, 0.15) is 5.75 Å². The Kier molecular flexibility index (Phi) is 2.91. The Hall–Kier alpha value is -1.82. The highest BCUT2D eigenvalue weighted by Gasteiger charge is 2.14. The Bertz CT molecular complexity index is 524. The molecule has 6 heteroatoms. The second-order valence-electron chi connectivity index (χ2n) is 3.05. The van der Waals surface area contributed by atoms with E-state index in [2.05, 4.69) is 26.1 Å². The molecule has 1 heterocycles. The molecule has 2 rings (SSSR count). The number of benzene rings is 1. The molecule has 1 aromatic heterocycles. The van der Waals surface area contributed by atoms with Crippen LogP contribution in [-0.2, 0) is 0 Å². The van der Waals surface area contributed by atoms with E-state index in [9.17, 15) is 4.79 Å². The second-order valence-corrected chi connectivity index (χ2v) is 3.96. The number of hydrogen-bond acceptors (Lipinski definition) is 4. The highest BCUT2D eigenvalue weighted by Crippen LogP contribution is 2.19. The van der Waals surface area contributed by atoms with E-state index < -0.39 is 5.97 Å². The van der Waals surface area contributed by atoms with Crippen molar-refractivity contribution in [2.24, 2.45) is 0 Å². The van der Waals surface area contributed by atoms with Crippen molar-refractivity contribution in [1.82, 2.24) is 10.2 Å². The van der Waals surface area contributed by atoms with Gasteiger partial charge >= 0.3 is 5.97 Å². The first-order valence-electron chi connectivity index (χ1n) is 4.43. The summed E-state index contributed by atoms with van der Waals surface area (Å²) in [5.41, 5.74) is 5.94. The molecule has 5 nitrogen and oxygen atoms in total. The normalized spacial score (nSPS) is 10.1. The van der Waals surface area contributed by atoms with Crippen molar-refractivity contribution in [1.29, 1.82) is 0 Å². The number of nitrogens with two attached hydrogens (primary N) is 1. The lowest BCUT2D eigenvalue weighted by molar-refractivity contribution is 0.0729. The number of H-pyrrole nitrogens is 1. The molecule has 0 radical (unpaired) electrons. The molecule has 0 saturated carbocycles. The number of ether oxygens (including phenoxy) is 1. The van der Waals surface area contributed by atoms with Gasteiger partial charge in [0.25, 0.3) is 0 Å². The molecule has 0 saturated heterocycles. The maximum Gasteiger partial charge on any atom is 0.363 e. The van der Waals surface area contributed by atoms with Crippen LogP contribution < -0.4 is 10.5 Å². The average molecular weight is 282 g/mol. The van der Waals surface area contributed by atoms with E-state index in [1.54, 1.807) is 18.2 Å². The standard InChI is InChI=1S/C10H8BrN3O2/c11-6-2-1-3-7(4-6)16-10(15)9-8(12)5-13-14-9/h1-5H,12H2,(H,13,14). The Morgan fingerprint density at radius 2 is 2.31 bits per heavy atom. The molecule has 0 atom stereocenters. The summed E-state index contributed by atoms with van der Waals surface area (Å²) in [5, 5.41) is 6.12. The summed E-state index contributed by atoms with van der Waals surface area (Å²) in [6.45, 7) is 0. The zero-order valence-corrected chi connectivity index (χ0v) is 9.69. The number of hydrogen-bond donors (Lipinski definition) is 2. The van der Waals surface area contributed by atoms with Crippen molar-refractivity contribution in [2.45, 2.75) is 0 Å². The van der Waals surface area contributed by atoms with Crippen LogP contribution in [0.5, 0.6) is 5.75 Å². The Morgan fingerprint density at radius 3 is 2.94 bits per heavy atom. The number of aromatic amines is 1. The minimum atomic E-state index is -0.562. The van der Waals surface area contributed by atoms with Crippen molar-refractivity contribution < 1.29 is 9.53 Å². The first kappa shape index (κ1) is 10.7. The smallest absolute Gasteiger partial charge is 0.363 e. The molecule has 0 fully saturated rings. The summed E-state index contributed by atoms with van der Waals surface area (Å²) in [6, 6.07) is 6.96. The van der Waals surface area contributed by atoms with E-state index in [1.165, 1.54) is 6.20 Å². The number of anilines is 1. The van der Waals surface area contributed by atoms with Gasteiger partial charge in [-0.2, -0.15) is 5.10 Å². The van der Waals surface area contributed by atoms with Gasteiger partial charge in [0, 0.05) is 4.47 Å². The largest absolute Gasteiger partial charge is 0.422 e. The topological polar surface area (TPSA) is 81.0 Å². The van der Waals surface area contributed by atoms with Crippen LogP contribution in [0.4, 0.5) is 5.69 Å². The van der Waals surface area contributed by atoms with Gasteiger partial charge in [-0.25, -0.2) is 4.79 Å². The van der Waals surface area contributed by atoms with Crippen molar-refractivity contribution in [2.75, 3.05) is 5.73 Å². The highest BCUT2D eigenvalue weighted by molar-refractivity contribution is 9.10. The predicted octanol–water partition coefficient (Wildman–Crippen LogP) is 1.97.